The molecule has 2 fully saturated rings. The Hall–Kier alpha value is -1.95. The minimum atomic E-state index is 0.124. The lowest BCUT2D eigenvalue weighted by atomic mass is 10.0. The van der Waals surface area contributed by atoms with Crippen LogP contribution in [0.2, 0.25) is 0 Å². The van der Waals surface area contributed by atoms with Gasteiger partial charge in [0.1, 0.15) is 0 Å². The Bertz CT molecular complexity index is 806. The number of hydrogen-bond donors (Lipinski definition) is 1. The molecule has 0 bridgehead atoms. The standard InChI is InChI=1S/C21H30N4O2/c1-3-5-17-19-16(13-18(14-6-7-14)23-20(19)27-24-17)21(26)25(12-4-2)15-8-10-22-11-9-15/h13-15,22H,3-12H2,1-2H3. The Morgan fingerprint density at radius 2 is 2.00 bits per heavy atom. The van der Waals surface area contributed by atoms with E-state index in [0.717, 1.165) is 86.9 Å². The van der Waals surface area contributed by atoms with Crippen molar-refractivity contribution in [3.63, 3.8) is 0 Å². The lowest BCUT2D eigenvalue weighted by Crippen LogP contribution is -2.46. The van der Waals surface area contributed by atoms with Crippen LogP contribution in [-0.2, 0) is 6.42 Å². The molecule has 4 rings (SSSR count). The van der Waals surface area contributed by atoms with Gasteiger partial charge in [0.25, 0.3) is 11.6 Å². The highest BCUT2D eigenvalue weighted by molar-refractivity contribution is 6.06. The molecule has 2 aromatic heterocycles. The number of nitrogens with one attached hydrogen (secondary N) is 1. The Labute approximate surface area is 160 Å². The van der Waals surface area contributed by atoms with Gasteiger partial charge >= 0.3 is 0 Å². The Balaban J connectivity index is 1.76. The molecule has 6 heteroatoms. The fourth-order valence-electron chi connectivity index (χ4n) is 4.16. The van der Waals surface area contributed by atoms with Crippen LogP contribution < -0.4 is 5.32 Å². The van der Waals surface area contributed by atoms with Crippen molar-refractivity contribution < 1.29 is 9.32 Å². The van der Waals surface area contributed by atoms with E-state index in [0.29, 0.717) is 17.7 Å². The number of aromatic nitrogens is 2. The molecule has 1 saturated heterocycles. The Morgan fingerprint density at radius 1 is 1.22 bits per heavy atom. The molecule has 1 aliphatic heterocycles. The molecule has 0 atom stereocenters. The zero-order valence-corrected chi connectivity index (χ0v) is 16.5. The smallest absolute Gasteiger partial charge is 0.259 e. The van der Waals surface area contributed by atoms with Gasteiger partial charge in [-0.1, -0.05) is 25.4 Å². The van der Waals surface area contributed by atoms with Gasteiger partial charge in [-0.25, -0.2) is 4.98 Å². The van der Waals surface area contributed by atoms with E-state index >= 15 is 0 Å². The number of hydrogen-bond acceptors (Lipinski definition) is 5. The van der Waals surface area contributed by atoms with Crippen molar-refractivity contribution in [3.05, 3.63) is 23.0 Å². The topological polar surface area (TPSA) is 71.3 Å². The fourth-order valence-corrected chi connectivity index (χ4v) is 4.16. The Kier molecular flexibility index (Phi) is 5.43. The van der Waals surface area contributed by atoms with Crippen molar-refractivity contribution >= 4 is 17.0 Å². The average Bonchev–Trinajstić information content (AvgIpc) is 3.48. The second-order valence-electron chi connectivity index (χ2n) is 7.91. The summed E-state index contributed by atoms with van der Waals surface area (Å²) in [5, 5.41) is 8.48. The summed E-state index contributed by atoms with van der Waals surface area (Å²) in [6, 6.07) is 2.34. The summed E-state index contributed by atoms with van der Waals surface area (Å²) in [5.41, 5.74) is 3.14. The van der Waals surface area contributed by atoms with Gasteiger partial charge in [0.15, 0.2) is 0 Å². The first-order chi connectivity index (χ1) is 13.2. The molecular weight excluding hydrogens is 340 g/mol. The molecule has 1 N–H and O–H groups in total. The highest BCUT2D eigenvalue weighted by Crippen LogP contribution is 2.41. The number of carbonyl (C=O) groups is 1. The molecule has 0 unspecified atom stereocenters. The number of carbonyl (C=O) groups excluding carboxylic acids is 1. The molecule has 0 radical (unpaired) electrons. The van der Waals surface area contributed by atoms with Crippen LogP contribution in [0.15, 0.2) is 10.6 Å². The fraction of sp³-hybridized carbons (Fsp3) is 0.667. The van der Waals surface area contributed by atoms with Gasteiger partial charge in [0.2, 0.25) is 0 Å². The summed E-state index contributed by atoms with van der Waals surface area (Å²) in [4.78, 5) is 20.5. The number of rotatable bonds is 7. The van der Waals surface area contributed by atoms with Gasteiger partial charge in [-0.15, -0.1) is 0 Å². The van der Waals surface area contributed by atoms with Crippen LogP contribution in [0, 0.1) is 0 Å². The molecule has 1 aliphatic carbocycles. The van der Waals surface area contributed by atoms with E-state index in [2.05, 4.69) is 29.2 Å². The summed E-state index contributed by atoms with van der Waals surface area (Å²) in [7, 11) is 0. The van der Waals surface area contributed by atoms with Crippen molar-refractivity contribution in [1.82, 2.24) is 20.4 Å². The molecule has 2 aliphatic rings. The maximum absolute atomic E-state index is 13.7. The number of aryl methyl sites for hydroxylation is 1. The third-order valence-electron chi connectivity index (χ3n) is 5.72. The van der Waals surface area contributed by atoms with Crippen LogP contribution in [-0.4, -0.2) is 46.6 Å². The van der Waals surface area contributed by atoms with Crippen LogP contribution in [0.1, 0.15) is 80.0 Å². The van der Waals surface area contributed by atoms with E-state index in [1.165, 1.54) is 0 Å². The number of piperidine rings is 1. The summed E-state index contributed by atoms with van der Waals surface area (Å²) < 4.78 is 5.55. The number of amides is 1. The van der Waals surface area contributed by atoms with Crippen molar-refractivity contribution in [1.29, 1.82) is 0 Å². The van der Waals surface area contributed by atoms with E-state index in [1.807, 2.05) is 6.07 Å². The second-order valence-corrected chi connectivity index (χ2v) is 7.91. The summed E-state index contributed by atoms with van der Waals surface area (Å²) in [5.74, 6) is 0.595. The Morgan fingerprint density at radius 3 is 2.67 bits per heavy atom. The molecule has 0 aromatic carbocycles. The zero-order valence-electron chi connectivity index (χ0n) is 16.5. The van der Waals surface area contributed by atoms with Crippen molar-refractivity contribution in [3.8, 4) is 0 Å². The summed E-state index contributed by atoms with van der Waals surface area (Å²) in [6.07, 6.45) is 7.06. The first-order valence-electron chi connectivity index (χ1n) is 10.5. The SMILES string of the molecule is CCCc1noc2nc(C3CC3)cc(C(=O)N(CCC)C3CCNCC3)c12. The quantitative estimate of drug-likeness (QED) is 0.805. The largest absolute Gasteiger partial charge is 0.336 e. The lowest BCUT2D eigenvalue weighted by Gasteiger charge is -2.34. The molecule has 6 nitrogen and oxygen atoms in total. The van der Waals surface area contributed by atoms with Gasteiger partial charge in [-0.2, -0.15) is 0 Å². The predicted molar refractivity (Wildman–Crippen MR) is 105 cm³/mol. The summed E-state index contributed by atoms with van der Waals surface area (Å²) in [6.45, 7) is 7.01. The maximum atomic E-state index is 13.7. The third kappa shape index (κ3) is 3.72. The van der Waals surface area contributed by atoms with Crippen LogP contribution in [0.3, 0.4) is 0 Å². The minimum Gasteiger partial charge on any atom is -0.336 e. The normalized spacial score (nSPS) is 18.1. The predicted octanol–water partition coefficient (Wildman–Crippen LogP) is 3.66. The lowest BCUT2D eigenvalue weighted by molar-refractivity contribution is 0.0644. The van der Waals surface area contributed by atoms with Gasteiger partial charge in [-0.3, -0.25) is 4.79 Å². The molecule has 3 heterocycles. The van der Waals surface area contributed by atoms with E-state index in [1.54, 1.807) is 0 Å². The number of fused-ring (bicyclic) bond motifs is 1. The first-order valence-corrected chi connectivity index (χ1v) is 10.5. The molecule has 27 heavy (non-hydrogen) atoms. The zero-order chi connectivity index (χ0) is 18.8. The van der Waals surface area contributed by atoms with Crippen molar-refractivity contribution in [2.24, 2.45) is 0 Å². The average molecular weight is 370 g/mol. The minimum absolute atomic E-state index is 0.124. The highest BCUT2D eigenvalue weighted by Gasteiger charge is 2.32. The van der Waals surface area contributed by atoms with Gasteiger partial charge in [-0.05, 0) is 57.7 Å². The maximum Gasteiger partial charge on any atom is 0.259 e. The van der Waals surface area contributed by atoms with Crippen LogP contribution >= 0.6 is 0 Å². The molecule has 1 saturated carbocycles. The van der Waals surface area contributed by atoms with Crippen molar-refractivity contribution in [2.45, 2.75) is 70.8 Å². The van der Waals surface area contributed by atoms with E-state index in [-0.39, 0.29) is 5.91 Å². The van der Waals surface area contributed by atoms with Gasteiger partial charge < -0.3 is 14.7 Å². The molecular formula is C21H30N4O2. The number of pyridine rings is 1. The van der Waals surface area contributed by atoms with Crippen molar-refractivity contribution in [2.75, 3.05) is 19.6 Å². The summed E-state index contributed by atoms with van der Waals surface area (Å²) >= 11 is 0. The van der Waals surface area contributed by atoms with Crippen LogP contribution in [0.4, 0.5) is 0 Å². The van der Waals surface area contributed by atoms with E-state index in [4.69, 9.17) is 9.51 Å². The van der Waals surface area contributed by atoms with E-state index < -0.39 is 0 Å². The third-order valence-corrected chi connectivity index (χ3v) is 5.72. The van der Waals surface area contributed by atoms with Gasteiger partial charge in [0, 0.05) is 24.2 Å². The van der Waals surface area contributed by atoms with Crippen LogP contribution in [0.5, 0.6) is 0 Å². The molecule has 2 aromatic rings. The highest BCUT2D eigenvalue weighted by atomic mass is 16.5. The van der Waals surface area contributed by atoms with E-state index in [9.17, 15) is 4.79 Å². The molecule has 1 amide bonds. The van der Waals surface area contributed by atoms with Gasteiger partial charge in [0.05, 0.1) is 16.6 Å². The van der Waals surface area contributed by atoms with Crippen LogP contribution in [0.25, 0.3) is 11.1 Å². The molecule has 146 valence electrons. The monoisotopic (exact) mass is 370 g/mol. The number of nitrogens with zero attached hydrogens (tertiary/aromatic N) is 3. The molecule has 0 spiro atoms. The second kappa shape index (κ2) is 7.97. The first kappa shape index (κ1) is 18.4.